The van der Waals surface area contributed by atoms with Gasteiger partial charge in [-0.2, -0.15) is 18.4 Å². The summed E-state index contributed by atoms with van der Waals surface area (Å²) in [6, 6.07) is 2.55. The van der Waals surface area contributed by atoms with Crippen LogP contribution in [0.3, 0.4) is 0 Å². The first kappa shape index (κ1) is 17.6. The van der Waals surface area contributed by atoms with E-state index in [1.54, 1.807) is 6.92 Å². The quantitative estimate of drug-likeness (QED) is 0.658. The van der Waals surface area contributed by atoms with E-state index < -0.39 is 11.7 Å². The molecule has 1 atom stereocenters. The largest absolute Gasteiger partial charge is 0.417 e. The Balaban J connectivity index is 2.16. The van der Waals surface area contributed by atoms with Crippen LogP contribution < -0.4 is 5.32 Å². The van der Waals surface area contributed by atoms with Crippen molar-refractivity contribution in [1.29, 1.82) is 5.26 Å². The van der Waals surface area contributed by atoms with Gasteiger partial charge in [0.1, 0.15) is 11.7 Å². The van der Waals surface area contributed by atoms with Crippen molar-refractivity contribution in [3.05, 3.63) is 35.8 Å². The van der Waals surface area contributed by atoms with Crippen molar-refractivity contribution < 1.29 is 18.3 Å². The highest BCUT2D eigenvalue weighted by Crippen LogP contribution is 2.34. The first-order valence-corrected chi connectivity index (χ1v) is 7.52. The number of aromatic nitrogens is 4. The molecule has 134 valence electrons. The lowest BCUT2D eigenvalue weighted by atomic mass is 10.1. The van der Waals surface area contributed by atoms with Crippen molar-refractivity contribution in [3.8, 4) is 17.3 Å². The van der Waals surface area contributed by atoms with Gasteiger partial charge in [-0.3, -0.25) is 0 Å². The molecular formula is C16H13F3N6O. The zero-order chi connectivity index (χ0) is 18.9. The maximum atomic E-state index is 13.0. The molecule has 0 bridgehead atoms. The lowest BCUT2D eigenvalue weighted by Crippen LogP contribution is -2.21. The minimum atomic E-state index is -4.54. The van der Waals surface area contributed by atoms with E-state index in [0.717, 1.165) is 12.3 Å². The van der Waals surface area contributed by atoms with Gasteiger partial charge in [0.15, 0.2) is 0 Å². The highest BCUT2D eigenvalue weighted by molar-refractivity contribution is 5.94. The van der Waals surface area contributed by atoms with Crippen molar-refractivity contribution in [3.63, 3.8) is 0 Å². The molecule has 0 aliphatic heterocycles. The molecular weight excluding hydrogens is 349 g/mol. The van der Waals surface area contributed by atoms with Gasteiger partial charge in [0.05, 0.1) is 29.6 Å². The van der Waals surface area contributed by atoms with Crippen molar-refractivity contribution in [1.82, 2.24) is 19.9 Å². The molecule has 0 spiro atoms. The van der Waals surface area contributed by atoms with E-state index in [-0.39, 0.29) is 40.9 Å². The number of aliphatic hydroxyl groups is 1. The van der Waals surface area contributed by atoms with Crippen LogP contribution >= 0.6 is 0 Å². The van der Waals surface area contributed by atoms with Crippen molar-refractivity contribution >= 4 is 17.0 Å². The summed E-state index contributed by atoms with van der Waals surface area (Å²) < 4.78 is 39.0. The molecule has 3 aromatic rings. The molecule has 0 radical (unpaired) electrons. The number of aliphatic hydroxyl groups excluding tert-OH is 1. The Hall–Kier alpha value is -3.19. The van der Waals surface area contributed by atoms with E-state index >= 15 is 0 Å². The number of nitrogens with one attached hydrogen (secondary N) is 2. The number of hydrogen-bond acceptors (Lipinski definition) is 6. The molecule has 10 heteroatoms. The van der Waals surface area contributed by atoms with E-state index in [0.29, 0.717) is 5.56 Å². The predicted molar refractivity (Wildman–Crippen MR) is 87.0 cm³/mol. The molecule has 3 aromatic heterocycles. The van der Waals surface area contributed by atoms with Gasteiger partial charge < -0.3 is 15.4 Å². The van der Waals surface area contributed by atoms with Gasteiger partial charge in [0.25, 0.3) is 0 Å². The number of nitrogens with zero attached hydrogens (tertiary/aromatic N) is 4. The Morgan fingerprint density at radius 2 is 2.12 bits per heavy atom. The highest BCUT2D eigenvalue weighted by Gasteiger charge is 2.31. The molecule has 3 rings (SSSR count). The predicted octanol–water partition coefficient (Wildman–Crippen LogP) is 2.70. The third-order valence-electron chi connectivity index (χ3n) is 3.67. The van der Waals surface area contributed by atoms with Crippen LogP contribution in [0.1, 0.15) is 18.1 Å². The smallest absolute Gasteiger partial charge is 0.394 e. The number of anilines is 1. The molecule has 7 nitrogen and oxygen atoms in total. The second-order valence-corrected chi connectivity index (χ2v) is 5.62. The maximum absolute atomic E-state index is 13.0. The second kappa shape index (κ2) is 6.61. The summed E-state index contributed by atoms with van der Waals surface area (Å²) >= 11 is 0. The Labute approximate surface area is 145 Å². The zero-order valence-corrected chi connectivity index (χ0v) is 13.5. The van der Waals surface area contributed by atoms with Crippen molar-refractivity contribution in [2.45, 2.75) is 19.1 Å². The number of aromatic amines is 1. The number of halogens is 3. The minimum Gasteiger partial charge on any atom is -0.394 e. The molecule has 0 unspecified atom stereocenters. The normalized spacial score (nSPS) is 12.8. The summed E-state index contributed by atoms with van der Waals surface area (Å²) in [5.74, 6) is 0.148. The van der Waals surface area contributed by atoms with Gasteiger partial charge in [0, 0.05) is 29.4 Å². The summed E-state index contributed by atoms with van der Waals surface area (Å²) in [5.41, 5.74) is -0.0790. The highest BCUT2D eigenvalue weighted by atomic mass is 19.4. The molecule has 3 N–H and O–H groups in total. The summed E-state index contributed by atoms with van der Waals surface area (Å²) in [4.78, 5) is 14.8. The summed E-state index contributed by atoms with van der Waals surface area (Å²) in [6.45, 7) is 1.54. The average Bonchev–Trinajstić information content (AvgIpc) is 3.03. The number of hydrogen-bond donors (Lipinski definition) is 3. The molecule has 0 saturated carbocycles. The Morgan fingerprint density at radius 1 is 1.35 bits per heavy atom. The van der Waals surface area contributed by atoms with Crippen LogP contribution in [0.5, 0.6) is 0 Å². The van der Waals surface area contributed by atoms with Crippen LogP contribution in [0.4, 0.5) is 19.1 Å². The Morgan fingerprint density at radius 3 is 2.77 bits per heavy atom. The summed E-state index contributed by atoms with van der Waals surface area (Å²) in [5, 5.41) is 21.4. The van der Waals surface area contributed by atoms with Gasteiger partial charge in [-0.1, -0.05) is 0 Å². The fraction of sp³-hybridized carbons (Fsp3) is 0.250. The third-order valence-corrected chi connectivity index (χ3v) is 3.67. The standard InChI is InChI=1S/C16H13F3N6O/c1-8(7-26)24-15-23-4-9(3-20)13(25-15)12-6-22-14-11(12)2-10(5-21-14)16(17,18)19/h2,4-6,8,26H,7H2,1H3,(H,21,22)(H,23,24,25)/t8-/m1/s1. The summed E-state index contributed by atoms with van der Waals surface area (Å²) in [7, 11) is 0. The maximum Gasteiger partial charge on any atom is 0.417 e. The number of H-pyrrole nitrogens is 1. The van der Waals surface area contributed by atoms with E-state index in [2.05, 4.69) is 25.3 Å². The molecule has 3 heterocycles. The number of alkyl halides is 3. The number of fused-ring (bicyclic) bond motifs is 1. The Kier molecular flexibility index (Phi) is 4.48. The molecule has 0 amide bonds. The number of rotatable bonds is 4. The van der Waals surface area contributed by atoms with Crippen LogP contribution in [-0.4, -0.2) is 37.7 Å². The van der Waals surface area contributed by atoms with Gasteiger partial charge in [0.2, 0.25) is 5.95 Å². The van der Waals surface area contributed by atoms with Crippen LogP contribution in [0.2, 0.25) is 0 Å². The molecule has 26 heavy (non-hydrogen) atoms. The van der Waals surface area contributed by atoms with Crippen LogP contribution in [0.25, 0.3) is 22.3 Å². The van der Waals surface area contributed by atoms with E-state index in [1.807, 2.05) is 6.07 Å². The first-order chi connectivity index (χ1) is 12.3. The van der Waals surface area contributed by atoms with Crippen LogP contribution in [-0.2, 0) is 6.18 Å². The van der Waals surface area contributed by atoms with Gasteiger partial charge >= 0.3 is 6.18 Å². The third kappa shape index (κ3) is 3.29. The minimum absolute atomic E-state index is 0.102. The topological polar surface area (TPSA) is 111 Å². The van der Waals surface area contributed by atoms with E-state index in [1.165, 1.54) is 12.4 Å². The lowest BCUT2D eigenvalue weighted by molar-refractivity contribution is -0.137. The SMILES string of the molecule is C[C@H](CO)Nc1ncc(C#N)c(-c2c[nH]c3ncc(C(F)(F)F)cc23)n1. The van der Waals surface area contributed by atoms with Crippen LogP contribution in [0, 0.1) is 11.3 Å². The molecule has 0 aliphatic carbocycles. The van der Waals surface area contributed by atoms with E-state index in [4.69, 9.17) is 5.11 Å². The van der Waals surface area contributed by atoms with Crippen LogP contribution in [0.15, 0.2) is 24.7 Å². The fourth-order valence-corrected chi connectivity index (χ4v) is 2.36. The molecule has 0 aliphatic rings. The molecule has 0 fully saturated rings. The monoisotopic (exact) mass is 362 g/mol. The van der Waals surface area contributed by atoms with Gasteiger partial charge in [-0.25, -0.2) is 15.0 Å². The molecule has 0 saturated heterocycles. The van der Waals surface area contributed by atoms with Gasteiger partial charge in [-0.15, -0.1) is 0 Å². The van der Waals surface area contributed by atoms with Crippen molar-refractivity contribution in [2.24, 2.45) is 0 Å². The first-order valence-electron chi connectivity index (χ1n) is 7.52. The molecule has 0 aromatic carbocycles. The Bertz CT molecular complexity index is 992. The average molecular weight is 362 g/mol. The lowest BCUT2D eigenvalue weighted by Gasteiger charge is -2.12. The summed E-state index contributed by atoms with van der Waals surface area (Å²) in [6.07, 6.45) is -1.08. The second-order valence-electron chi connectivity index (χ2n) is 5.62. The van der Waals surface area contributed by atoms with E-state index in [9.17, 15) is 18.4 Å². The fourth-order valence-electron chi connectivity index (χ4n) is 2.36. The van der Waals surface area contributed by atoms with Gasteiger partial charge in [-0.05, 0) is 13.0 Å². The number of nitriles is 1. The zero-order valence-electron chi connectivity index (χ0n) is 13.5. The van der Waals surface area contributed by atoms with Crippen molar-refractivity contribution in [2.75, 3.05) is 11.9 Å². The number of pyridine rings is 1.